The lowest BCUT2D eigenvalue weighted by Crippen LogP contribution is -2.40. The highest BCUT2D eigenvalue weighted by Gasteiger charge is 2.27. The summed E-state index contributed by atoms with van der Waals surface area (Å²) in [4.78, 5) is 0. The molecule has 0 fully saturated rings. The first-order valence-corrected chi connectivity index (χ1v) is 4.92. The summed E-state index contributed by atoms with van der Waals surface area (Å²) in [6.45, 7) is 0.149. The van der Waals surface area contributed by atoms with Gasteiger partial charge in [-0.3, -0.25) is 0 Å². The second-order valence-electron chi connectivity index (χ2n) is 3.16. The van der Waals surface area contributed by atoms with Crippen molar-refractivity contribution in [2.75, 3.05) is 27.1 Å². The smallest absolute Gasteiger partial charge is 0.178 e. The maximum Gasteiger partial charge on any atom is 0.178 e. The minimum atomic E-state index is -0.532. The second kappa shape index (κ2) is 7.39. The Hall–Kier alpha value is -0.900. The molecule has 5 heteroatoms. The van der Waals surface area contributed by atoms with Crippen LogP contribution in [-0.4, -0.2) is 50.7 Å². The zero-order chi connectivity index (χ0) is 11.8. The van der Waals surface area contributed by atoms with Gasteiger partial charge in [-0.2, -0.15) is 0 Å². The molecule has 1 heterocycles. The molecule has 1 rings (SSSR count). The van der Waals surface area contributed by atoms with Crippen molar-refractivity contribution in [3.05, 3.63) is 12.2 Å². The highest BCUT2D eigenvalue weighted by Crippen LogP contribution is 2.16. The summed E-state index contributed by atoms with van der Waals surface area (Å²) >= 11 is 0. The van der Waals surface area contributed by atoms with Crippen molar-refractivity contribution in [3.8, 4) is 12.3 Å². The first kappa shape index (κ1) is 13.2. The first-order chi connectivity index (χ1) is 7.81. The molecule has 0 bridgehead atoms. The summed E-state index contributed by atoms with van der Waals surface area (Å²) in [5, 5.41) is 9.13. The normalized spacial score (nSPS) is 28.9. The fraction of sp³-hybridized carbons (Fsp3) is 0.636. The van der Waals surface area contributed by atoms with Crippen LogP contribution in [0, 0.1) is 12.3 Å². The molecular weight excluding hydrogens is 212 g/mol. The Kier molecular flexibility index (Phi) is 6.08. The Morgan fingerprint density at radius 3 is 2.88 bits per heavy atom. The quantitative estimate of drug-likeness (QED) is 0.391. The van der Waals surface area contributed by atoms with Crippen LogP contribution in [0.5, 0.6) is 0 Å². The van der Waals surface area contributed by atoms with Gasteiger partial charge in [0.25, 0.3) is 0 Å². The summed E-state index contributed by atoms with van der Waals surface area (Å²) in [5.41, 5.74) is 0. The highest BCUT2D eigenvalue weighted by molar-refractivity contribution is 5.01. The predicted molar refractivity (Wildman–Crippen MR) is 56.4 cm³/mol. The van der Waals surface area contributed by atoms with Crippen LogP contribution in [0.2, 0.25) is 0 Å². The van der Waals surface area contributed by atoms with E-state index in [-0.39, 0.29) is 26.1 Å². The van der Waals surface area contributed by atoms with Crippen molar-refractivity contribution in [3.63, 3.8) is 0 Å². The van der Waals surface area contributed by atoms with Crippen LogP contribution < -0.4 is 0 Å². The van der Waals surface area contributed by atoms with Crippen LogP contribution >= 0.6 is 0 Å². The van der Waals surface area contributed by atoms with Crippen molar-refractivity contribution in [1.29, 1.82) is 0 Å². The summed E-state index contributed by atoms with van der Waals surface area (Å²) in [6.07, 6.45) is 7.19. The van der Waals surface area contributed by atoms with Gasteiger partial charge in [-0.25, -0.2) is 0 Å². The van der Waals surface area contributed by atoms with Crippen molar-refractivity contribution in [2.24, 2.45) is 0 Å². The largest absolute Gasteiger partial charge is 0.394 e. The van der Waals surface area contributed by atoms with Crippen molar-refractivity contribution in [1.82, 2.24) is 0 Å². The van der Waals surface area contributed by atoms with Gasteiger partial charge in [-0.1, -0.05) is 12.0 Å². The minimum absolute atomic E-state index is 0.144. The molecule has 0 aliphatic carbocycles. The number of methoxy groups -OCH3 is 1. The Balaban J connectivity index is 2.46. The van der Waals surface area contributed by atoms with Gasteiger partial charge in [0, 0.05) is 7.11 Å². The second-order valence-corrected chi connectivity index (χ2v) is 3.16. The summed E-state index contributed by atoms with van der Waals surface area (Å²) < 4.78 is 20.7. The molecule has 5 nitrogen and oxygen atoms in total. The maximum absolute atomic E-state index is 9.13. The number of hydrogen-bond donors (Lipinski definition) is 1. The minimum Gasteiger partial charge on any atom is -0.394 e. The van der Waals surface area contributed by atoms with Gasteiger partial charge in [0.05, 0.1) is 6.61 Å². The van der Waals surface area contributed by atoms with E-state index in [1.54, 1.807) is 12.2 Å². The topological polar surface area (TPSA) is 57.2 Å². The molecular formula is C11H16O5. The lowest BCUT2D eigenvalue weighted by molar-refractivity contribution is -0.195. The molecule has 0 aromatic rings. The molecule has 0 amide bonds. The van der Waals surface area contributed by atoms with Crippen molar-refractivity contribution in [2.45, 2.75) is 18.5 Å². The predicted octanol–water partition coefficient (Wildman–Crippen LogP) is -0.101. The molecule has 1 aliphatic rings. The van der Waals surface area contributed by atoms with Crippen LogP contribution in [0.15, 0.2) is 12.2 Å². The molecule has 0 saturated heterocycles. The van der Waals surface area contributed by atoms with E-state index in [4.69, 9.17) is 30.5 Å². The molecule has 0 saturated carbocycles. The van der Waals surface area contributed by atoms with Gasteiger partial charge in [0.15, 0.2) is 6.29 Å². The molecule has 16 heavy (non-hydrogen) atoms. The van der Waals surface area contributed by atoms with Crippen molar-refractivity contribution < 1.29 is 24.1 Å². The third kappa shape index (κ3) is 3.93. The number of terminal acetylenes is 1. The number of aliphatic hydroxyl groups is 1. The van der Waals surface area contributed by atoms with Crippen LogP contribution in [0.4, 0.5) is 0 Å². The fourth-order valence-corrected chi connectivity index (χ4v) is 1.30. The van der Waals surface area contributed by atoms with Crippen LogP contribution in [0.1, 0.15) is 0 Å². The van der Waals surface area contributed by atoms with Crippen LogP contribution in [0.25, 0.3) is 0 Å². The van der Waals surface area contributed by atoms with Gasteiger partial charge in [-0.15, -0.1) is 6.42 Å². The summed E-state index contributed by atoms with van der Waals surface area (Å²) in [7, 11) is 1.53. The molecule has 1 aliphatic heterocycles. The average molecular weight is 228 g/mol. The lowest BCUT2D eigenvalue weighted by atomic mass is 10.1. The van der Waals surface area contributed by atoms with Gasteiger partial charge in [0.2, 0.25) is 0 Å². The average Bonchev–Trinajstić information content (AvgIpc) is 2.34. The standard InChI is InChI=1S/C11H16O5/c1-3-6-14-11-5-4-9(15-8-13-2)10(7-12)16-11/h1,4-5,9-12H,6-8H2,2H3/t9-,10+,11+/m1/s1. The molecule has 0 aromatic heterocycles. The molecule has 90 valence electrons. The summed E-state index contributed by atoms with van der Waals surface area (Å²) in [6, 6.07) is 0. The van der Waals surface area contributed by atoms with Gasteiger partial charge in [-0.05, 0) is 6.08 Å². The first-order valence-electron chi connectivity index (χ1n) is 4.92. The van der Waals surface area contributed by atoms with E-state index < -0.39 is 12.4 Å². The third-order valence-corrected chi connectivity index (χ3v) is 2.02. The monoisotopic (exact) mass is 228 g/mol. The molecule has 3 atom stereocenters. The molecule has 0 aromatic carbocycles. The lowest BCUT2D eigenvalue weighted by Gasteiger charge is -2.30. The van der Waals surface area contributed by atoms with E-state index in [1.165, 1.54) is 7.11 Å². The van der Waals surface area contributed by atoms with Gasteiger partial charge in [0.1, 0.15) is 25.6 Å². The number of ether oxygens (including phenoxy) is 4. The Morgan fingerprint density at radius 1 is 1.44 bits per heavy atom. The third-order valence-electron chi connectivity index (χ3n) is 2.02. The van der Waals surface area contributed by atoms with Crippen LogP contribution in [0.3, 0.4) is 0 Å². The molecule has 0 unspecified atom stereocenters. The van der Waals surface area contributed by atoms with E-state index in [0.717, 1.165) is 0 Å². The molecule has 0 spiro atoms. The fourth-order valence-electron chi connectivity index (χ4n) is 1.30. The Labute approximate surface area is 94.9 Å². The molecule has 0 radical (unpaired) electrons. The zero-order valence-electron chi connectivity index (χ0n) is 9.17. The van der Waals surface area contributed by atoms with E-state index >= 15 is 0 Å². The maximum atomic E-state index is 9.13. The SMILES string of the molecule is C#CCO[C@@H]1C=C[C@@H](OCOC)[C@H](CO)O1. The number of hydrogen-bond acceptors (Lipinski definition) is 5. The van der Waals surface area contributed by atoms with E-state index in [2.05, 4.69) is 5.92 Å². The van der Waals surface area contributed by atoms with E-state index in [1.807, 2.05) is 0 Å². The zero-order valence-corrected chi connectivity index (χ0v) is 9.17. The van der Waals surface area contributed by atoms with E-state index in [9.17, 15) is 0 Å². The van der Waals surface area contributed by atoms with E-state index in [0.29, 0.717) is 0 Å². The molecule has 1 N–H and O–H groups in total. The van der Waals surface area contributed by atoms with Crippen molar-refractivity contribution >= 4 is 0 Å². The summed E-state index contributed by atoms with van der Waals surface area (Å²) in [5.74, 6) is 2.34. The number of aliphatic hydroxyl groups excluding tert-OH is 1. The Bertz CT molecular complexity index is 258. The number of rotatable bonds is 6. The van der Waals surface area contributed by atoms with Gasteiger partial charge >= 0.3 is 0 Å². The highest BCUT2D eigenvalue weighted by atomic mass is 16.7. The van der Waals surface area contributed by atoms with Crippen LogP contribution in [-0.2, 0) is 18.9 Å². The Morgan fingerprint density at radius 2 is 2.25 bits per heavy atom. The van der Waals surface area contributed by atoms with Gasteiger partial charge < -0.3 is 24.1 Å².